The van der Waals surface area contributed by atoms with Crippen LogP contribution in [0.2, 0.25) is 0 Å². The van der Waals surface area contributed by atoms with E-state index in [1.54, 1.807) is 0 Å². The highest BCUT2D eigenvalue weighted by Gasteiger charge is 2.13. The first kappa shape index (κ1) is 6.01. The second kappa shape index (κ2) is 3.02. The summed E-state index contributed by atoms with van der Waals surface area (Å²) in [6.45, 7) is 1.22. The van der Waals surface area contributed by atoms with E-state index in [2.05, 4.69) is 0 Å². The Morgan fingerprint density at radius 3 is 3.00 bits per heavy atom. The molecule has 1 N–H and O–H groups in total. The van der Waals surface area contributed by atoms with Crippen molar-refractivity contribution in [2.45, 2.75) is 12.5 Å². The molecule has 0 amide bonds. The molecule has 0 aromatic heterocycles. The monoisotopic (exact) mass is 118 g/mol. The Balaban J connectivity index is 2.06. The van der Waals surface area contributed by atoms with Crippen molar-refractivity contribution in [3.63, 3.8) is 0 Å². The molecule has 0 aromatic rings. The van der Waals surface area contributed by atoms with Crippen molar-refractivity contribution in [1.82, 2.24) is 0 Å². The first-order chi connectivity index (χ1) is 3.93. The Labute approximate surface area is 48.2 Å². The third-order valence-electron chi connectivity index (χ3n) is 1.14. The Hall–Kier alpha value is -0.120. The van der Waals surface area contributed by atoms with Gasteiger partial charge in [0, 0.05) is 6.61 Å². The summed E-state index contributed by atoms with van der Waals surface area (Å²) in [4.78, 5) is 0. The van der Waals surface area contributed by atoms with Crippen LogP contribution in [0.25, 0.3) is 0 Å². The number of hydrogen-bond donors (Lipinski definition) is 1. The van der Waals surface area contributed by atoms with E-state index in [4.69, 9.17) is 14.6 Å². The predicted octanol–water partition coefficient (Wildman–Crippen LogP) is -0.258. The molecule has 1 unspecified atom stereocenters. The molecule has 1 aliphatic rings. The van der Waals surface area contributed by atoms with Crippen LogP contribution in [0, 0.1) is 0 Å². The van der Waals surface area contributed by atoms with Gasteiger partial charge in [0.05, 0.1) is 12.7 Å². The minimum atomic E-state index is 0.139. The number of hydrogen-bond acceptors (Lipinski definition) is 3. The van der Waals surface area contributed by atoms with Gasteiger partial charge in [-0.15, -0.1) is 0 Å². The molecule has 3 heteroatoms. The standard InChI is InChI=1S/C5H10O3/c6-2-1-5-3-7-4-8-5/h5-6H,1-4H2. The molecule has 1 rings (SSSR count). The summed E-state index contributed by atoms with van der Waals surface area (Å²) in [5, 5.41) is 8.39. The van der Waals surface area contributed by atoms with E-state index in [-0.39, 0.29) is 12.7 Å². The van der Waals surface area contributed by atoms with Gasteiger partial charge in [-0.25, -0.2) is 0 Å². The first-order valence-electron chi connectivity index (χ1n) is 2.73. The van der Waals surface area contributed by atoms with Gasteiger partial charge in [-0.2, -0.15) is 0 Å². The lowest BCUT2D eigenvalue weighted by atomic mass is 10.3. The summed E-state index contributed by atoms with van der Waals surface area (Å²) in [5.41, 5.74) is 0. The number of aliphatic hydroxyl groups excluding tert-OH is 1. The molecule has 1 heterocycles. The minimum Gasteiger partial charge on any atom is -0.396 e. The molecule has 48 valence electrons. The second-order valence-electron chi connectivity index (χ2n) is 1.79. The lowest BCUT2D eigenvalue weighted by Gasteiger charge is -2.01. The van der Waals surface area contributed by atoms with Gasteiger partial charge in [-0.05, 0) is 6.42 Å². The molecule has 0 saturated carbocycles. The van der Waals surface area contributed by atoms with Crippen LogP contribution < -0.4 is 0 Å². The normalized spacial score (nSPS) is 28.9. The van der Waals surface area contributed by atoms with Gasteiger partial charge in [0.25, 0.3) is 0 Å². The third kappa shape index (κ3) is 1.43. The molecular weight excluding hydrogens is 108 g/mol. The van der Waals surface area contributed by atoms with Crippen molar-refractivity contribution in [3.05, 3.63) is 0 Å². The number of rotatable bonds is 2. The van der Waals surface area contributed by atoms with Gasteiger partial charge in [-0.3, -0.25) is 0 Å². The van der Waals surface area contributed by atoms with Gasteiger partial charge in [0.2, 0.25) is 0 Å². The van der Waals surface area contributed by atoms with Crippen LogP contribution in [-0.4, -0.2) is 31.2 Å². The summed E-state index contributed by atoms with van der Waals surface area (Å²) >= 11 is 0. The van der Waals surface area contributed by atoms with E-state index >= 15 is 0 Å². The zero-order valence-corrected chi connectivity index (χ0v) is 4.67. The minimum absolute atomic E-state index is 0.139. The molecule has 8 heavy (non-hydrogen) atoms. The van der Waals surface area contributed by atoms with Crippen LogP contribution in [0.1, 0.15) is 6.42 Å². The Morgan fingerprint density at radius 2 is 2.50 bits per heavy atom. The fourth-order valence-corrected chi connectivity index (χ4v) is 0.683. The van der Waals surface area contributed by atoms with Crippen molar-refractivity contribution in [1.29, 1.82) is 0 Å². The van der Waals surface area contributed by atoms with Crippen LogP contribution in [-0.2, 0) is 9.47 Å². The topological polar surface area (TPSA) is 38.7 Å². The lowest BCUT2D eigenvalue weighted by Crippen LogP contribution is -2.10. The Bertz CT molecular complexity index is 58.7. The van der Waals surface area contributed by atoms with E-state index in [0.29, 0.717) is 19.8 Å². The predicted molar refractivity (Wildman–Crippen MR) is 27.4 cm³/mol. The van der Waals surface area contributed by atoms with E-state index in [9.17, 15) is 0 Å². The van der Waals surface area contributed by atoms with Crippen LogP contribution in [0.5, 0.6) is 0 Å². The summed E-state index contributed by atoms with van der Waals surface area (Å²) in [7, 11) is 0. The average Bonchev–Trinajstić information content (AvgIpc) is 2.19. The molecule has 0 bridgehead atoms. The van der Waals surface area contributed by atoms with Crippen molar-refractivity contribution < 1.29 is 14.6 Å². The molecule has 0 radical (unpaired) electrons. The summed E-state index contributed by atoms with van der Waals surface area (Å²) in [5.74, 6) is 0. The number of aliphatic hydroxyl groups is 1. The second-order valence-corrected chi connectivity index (χ2v) is 1.79. The molecule has 0 aliphatic carbocycles. The van der Waals surface area contributed by atoms with E-state index in [1.165, 1.54) is 0 Å². The zero-order valence-electron chi connectivity index (χ0n) is 4.67. The Morgan fingerprint density at radius 1 is 1.62 bits per heavy atom. The summed E-state index contributed by atoms with van der Waals surface area (Å²) in [6, 6.07) is 0. The van der Waals surface area contributed by atoms with E-state index in [1.807, 2.05) is 0 Å². The van der Waals surface area contributed by atoms with Gasteiger partial charge >= 0.3 is 0 Å². The molecule has 1 fully saturated rings. The average molecular weight is 118 g/mol. The van der Waals surface area contributed by atoms with Gasteiger partial charge in [-0.1, -0.05) is 0 Å². The molecular formula is C5H10O3. The molecule has 1 aliphatic heterocycles. The molecule has 1 saturated heterocycles. The molecule has 1 atom stereocenters. The lowest BCUT2D eigenvalue weighted by molar-refractivity contribution is 0.0398. The maximum Gasteiger partial charge on any atom is 0.147 e. The fourth-order valence-electron chi connectivity index (χ4n) is 0.683. The molecule has 0 aromatic carbocycles. The van der Waals surface area contributed by atoms with Crippen LogP contribution in [0.3, 0.4) is 0 Å². The van der Waals surface area contributed by atoms with E-state index < -0.39 is 0 Å². The Kier molecular flexibility index (Phi) is 2.27. The third-order valence-corrected chi connectivity index (χ3v) is 1.14. The maximum absolute atomic E-state index is 8.39. The van der Waals surface area contributed by atoms with Crippen molar-refractivity contribution in [3.8, 4) is 0 Å². The highest BCUT2D eigenvalue weighted by molar-refractivity contribution is 4.57. The highest BCUT2D eigenvalue weighted by Crippen LogP contribution is 2.05. The zero-order chi connectivity index (χ0) is 5.82. The maximum atomic E-state index is 8.39. The smallest absolute Gasteiger partial charge is 0.147 e. The van der Waals surface area contributed by atoms with Gasteiger partial charge < -0.3 is 14.6 Å². The highest BCUT2D eigenvalue weighted by atomic mass is 16.7. The molecule has 0 spiro atoms. The van der Waals surface area contributed by atoms with Crippen molar-refractivity contribution >= 4 is 0 Å². The fraction of sp³-hybridized carbons (Fsp3) is 1.00. The summed E-state index contributed by atoms with van der Waals surface area (Å²) in [6.07, 6.45) is 0.833. The summed E-state index contributed by atoms with van der Waals surface area (Å²) < 4.78 is 9.89. The number of ether oxygens (including phenoxy) is 2. The van der Waals surface area contributed by atoms with Crippen LogP contribution in [0.15, 0.2) is 0 Å². The molecule has 3 nitrogen and oxygen atoms in total. The SMILES string of the molecule is OCCC1COCO1. The van der Waals surface area contributed by atoms with Gasteiger partial charge in [0.15, 0.2) is 0 Å². The van der Waals surface area contributed by atoms with Crippen LogP contribution >= 0.6 is 0 Å². The van der Waals surface area contributed by atoms with Crippen molar-refractivity contribution in [2.24, 2.45) is 0 Å². The van der Waals surface area contributed by atoms with Crippen LogP contribution in [0.4, 0.5) is 0 Å². The van der Waals surface area contributed by atoms with E-state index in [0.717, 1.165) is 0 Å². The largest absolute Gasteiger partial charge is 0.396 e. The first-order valence-corrected chi connectivity index (χ1v) is 2.73. The van der Waals surface area contributed by atoms with Gasteiger partial charge in [0.1, 0.15) is 6.79 Å². The van der Waals surface area contributed by atoms with Crippen molar-refractivity contribution in [2.75, 3.05) is 20.0 Å². The quantitative estimate of drug-likeness (QED) is 0.543.